The Morgan fingerprint density at radius 3 is 2.71 bits per heavy atom. The molecule has 1 amide bonds. The van der Waals surface area contributed by atoms with E-state index in [1.165, 1.54) is 17.4 Å². The second-order valence-electron chi connectivity index (χ2n) is 7.38. The number of anilines is 1. The number of carbonyl (C=O) groups is 1. The largest absolute Gasteiger partial charge is 0.347 e. The monoisotopic (exact) mass is 437 g/mol. The SMILES string of the molecule is CC(C)(Nc1ncc(-c2ncc(CNC(=O)C3=CN=CC3)s2)cn1)c1ncccc1F. The molecule has 4 rings (SSSR count). The number of thiazole rings is 1. The van der Waals surface area contributed by atoms with E-state index >= 15 is 0 Å². The number of hydrogen-bond acceptors (Lipinski definition) is 8. The maximum absolute atomic E-state index is 14.1. The van der Waals surface area contributed by atoms with E-state index < -0.39 is 11.4 Å². The molecule has 4 heterocycles. The normalized spacial score (nSPS) is 13.2. The summed E-state index contributed by atoms with van der Waals surface area (Å²) in [6.07, 6.45) is 10.4. The number of aromatic nitrogens is 4. The van der Waals surface area contributed by atoms with Gasteiger partial charge in [0, 0.05) is 59.6 Å². The van der Waals surface area contributed by atoms with Crippen LogP contribution in [0.3, 0.4) is 0 Å². The highest BCUT2D eigenvalue weighted by Crippen LogP contribution is 2.27. The summed E-state index contributed by atoms with van der Waals surface area (Å²) in [5.41, 5.74) is 0.893. The third-order valence-electron chi connectivity index (χ3n) is 4.59. The van der Waals surface area contributed by atoms with Gasteiger partial charge < -0.3 is 10.6 Å². The van der Waals surface area contributed by atoms with Crippen LogP contribution in [-0.4, -0.2) is 32.1 Å². The highest BCUT2D eigenvalue weighted by Gasteiger charge is 2.26. The zero-order valence-electron chi connectivity index (χ0n) is 17.0. The molecule has 0 aliphatic carbocycles. The van der Waals surface area contributed by atoms with E-state index in [0.717, 1.165) is 15.4 Å². The lowest BCUT2D eigenvalue weighted by Gasteiger charge is -2.25. The van der Waals surface area contributed by atoms with E-state index in [1.54, 1.807) is 43.3 Å². The second kappa shape index (κ2) is 8.68. The fourth-order valence-electron chi connectivity index (χ4n) is 2.99. The number of pyridine rings is 1. The lowest BCUT2D eigenvalue weighted by Crippen LogP contribution is -2.31. The first-order valence-electron chi connectivity index (χ1n) is 9.57. The predicted octanol–water partition coefficient (Wildman–Crippen LogP) is 3.46. The molecule has 0 atom stereocenters. The Hall–Kier alpha value is -3.53. The maximum atomic E-state index is 14.1. The summed E-state index contributed by atoms with van der Waals surface area (Å²) in [7, 11) is 0. The van der Waals surface area contributed by atoms with Crippen LogP contribution < -0.4 is 10.6 Å². The van der Waals surface area contributed by atoms with Crippen LogP contribution >= 0.6 is 11.3 Å². The number of rotatable bonds is 7. The smallest absolute Gasteiger partial charge is 0.249 e. The summed E-state index contributed by atoms with van der Waals surface area (Å²) < 4.78 is 14.1. The molecule has 0 aromatic carbocycles. The van der Waals surface area contributed by atoms with Gasteiger partial charge >= 0.3 is 0 Å². The first kappa shape index (κ1) is 20.7. The van der Waals surface area contributed by atoms with E-state index in [4.69, 9.17) is 0 Å². The molecule has 0 spiro atoms. The molecule has 3 aromatic rings. The van der Waals surface area contributed by atoms with Gasteiger partial charge in [0.25, 0.3) is 0 Å². The van der Waals surface area contributed by atoms with Gasteiger partial charge in [-0.2, -0.15) is 0 Å². The Bertz CT molecular complexity index is 1150. The first-order chi connectivity index (χ1) is 14.9. The van der Waals surface area contributed by atoms with Crippen LogP contribution in [0.4, 0.5) is 10.3 Å². The molecule has 0 saturated heterocycles. The van der Waals surface area contributed by atoms with Gasteiger partial charge in [-0.25, -0.2) is 19.3 Å². The summed E-state index contributed by atoms with van der Waals surface area (Å²) in [6, 6.07) is 2.92. The Balaban J connectivity index is 1.39. The number of carbonyl (C=O) groups excluding carboxylic acids is 1. The zero-order valence-corrected chi connectivity index (χ0v) is 17.8. The molecular formula is C21H20FN7OS. The third kappa shape index (κ3) is 4.80. The molecule has 0 saturated carbocycles. The van der Waals surface area contributed by atoms with E-state index in [0.29, 0.717) is 24.5 Å². The number of aliphatic imine (C=N–C) groups is 1. The topological polar surface area (TPSA) is 105 Å². The van der Waals surface area contributed by atoms with Gasteiger partial charge in [-0.1, -0.05) is 0 Å². The zero-order chi connectivity index (χ0) is 21.8. The minimum absolute atomic E-state index is 0.127. The van der Waals surface area contributed by atoms with Crippen LogP contribution in [0, 0.1) is 5.82 Å². The molecule has 0 unspecified atom stereocenters. The molecule has 1 aliphatic heterocycles. The fourth-order valence-corrected chi connectivity index (χ4v) is 3.82. The molecular weight excluding hydrogens is 417 g/mol. The van der Waals surface area contributed by atoms with Crippen LogP contribution in [-0.2, 0) is 16.9 Å². The number of nitrogens with one attached hydrogen (secondary N) is 2. The number of nitrogens with zero attached hydrogens (tertiary/aromatic N) is 5. The maximum Gasteiger partial charge on any atom is 0.249 e. The average Bonchev–Trinajstić information content (AvgIpc) is 3.45. The van der Waals surface area contributed by atoms with E-state index in [2.05, 4.69) is 35.6 Å². The number of halogens is 1. The highest BCUT2D eigenvalue weighted by molar-refractivity contribution is 7.15. The molecule has 0 bridgehead atoms. The van der Waals surface area contributed by atoms with Crippen molar-refractivity contribution in [1.29, 1.82) is 0 Å². The molecule has 3 aromatic heterocycles. The summed E-state index contributed by atoms with van der Waals surface area (Å²) >= 11 is 1.45. The summed E-state index contributed by atoms with van der Waals surface area (Å²) in [4.78, 5) is 34.1. The van der Waals surface area contributed by atoms with Gasteiger partial charge in [0.2, 0.25) is 11.9 Å². The minimum Gasteiger partial charge on any atom is -0.347 e. The number of hydrogen-bond donors (Lipinski definition) is 2. The van der Waals surface area contributed by atoms with Crippen molar-refractivity contribution < 1.29 is 9.18 Å². The predicted molar refractivity (Wildman–Crippen MR) is 117 cm³/mol. The van der Waals surface area contributed by atoms with Gasteiger partial charge in [-0.3, -0.25) is 14.8 Å². The van der Waals surface area contributed by atoms with Crippen LogP contribution in [0.1, 0.15) is 30.8 Å². The molecule has 31 heavy (non-hydrogen) atoms. The lowest BCUT2D eigenvalue weighted by atomic mass is 9.99. The first-order valence-corrected chi connectivity index (χ1v) is 10.4. The van der Waals surface area contributed by atoms with Crippen molar-refractivity contribution in [3.8, 4) is 10.6 Å². The average molecular weight is 438 g/mol. The van der Waals surface area contributed by atoms with Crippen molar-refractivity contribution in [3.05, 3.63) is 65.1 Å². The molecule has 1 aliphatic rings. The quantitative estimate of drug-likeness (QED) is 0.587. The van der Waals surface area contributed by atoms with Gasteiger partial charge in [-0.15, -0.1) is 11.3 Å². The molecule has 2 N–H and O–H groups in total. The van der Waals surface area contributed by atoms with Crippen LogP contribution in [0.5, 0.6) is 0 Å². The van der Waals surface area contributed by atoms with Crippen LogP contribution in [0.2, 0.25) is 0 Å². The minimum atomic E-state index is -0.792. The van der Waals surface area contributed by atoms with Gasteiger partial charge in [0.05, 0.1) is 12.1 Å². The second-order valence-corrected chi connectivity index (χ2v) is 8.50. The van der Waals surface area contributed by atoms with Crippen molar-refractivity contribution in [1.82, 2.24) is 25.3 Å². The third-order valence-corrected chi connectivity index (χ3v) is 5.64. The lowest BCUT2D eigenvalue weighted by molar-refractivity contribution is -0.117. The van der Waals surface area contributed by atoms with Gasteiger partial charge in [-0.05, 0) is 26.0 Å². The van der Waals surface area contributed by atoms with Crippen LogP contribution in [0.15, 0.2) is 53.7 Å². The number of amides is 1. The van der Waals surface area contributed by atoms with Crippen molar-refractivity contribution in [3.63, 3.8) is 0 Å². The van der Waals surface area contributed by atoms with Crippen molar-refractivity contribution in [2.45, 2.75) is 32.4 Å². The van der Waals surface area contributed by atoms with Crippen molar-refractivity contribution in [2.24, 2.45) is 4.99 Å². The standard InChI is InChI=1S/C21H20FN7OS/c1-21(2,17-16(22)4-3-6-24-17)29-20-27-9-14(10-28-20)19-26-12-15(31-19)11-25-18(30)13-5-7-23-8-13/h3-4,6-10,12H,5,11H2,1-2H3,(H,25,30)(H,27,28,29). The van der Waals surface area contributed by atoms with E-state index in [1.807, 2.05) is 13.8 Å². The molecule has 0 fully saturated rings. The van der Waals surface area contributed by atoms with Crippen LogP contribution in [0.25, 0.3) is 10.6 Å². The van der Waals surface area contributed by atoms with E-state index in [-0.39, 0.29) is 11.6 Å². The Morgan fingerprint density at radius 1 is 1.19 bits per heavy atom. The van der Waals surface area contributed by atoms with Gasteiger partial charge in [0.1, 0.15) is 16.5 Å². The Kier molecular flexibility index (Phi) is 5.81. The molecule has 158 valence electrons. The Morgan fingerprint density at radius 2 is 2.00 bits per heavy atom. The molecule has 8 nitrogen and oxygen atoms in total. The van der Waals surface area contributed by atoms with Crippen molar-refractivity contribution in [2.75, 3.05) is 5.32 Å². The Labute approximate surface area is 182 Å². The van der Waals surface area contributed by atoms with Gasteiger partial charge in [0.15, 0.2) is 0 Å². The summed E-state index contributed by atoms with van der Waals surface area (Å²) in [6.45, 7) is 4.01. The van der Waals surface area contributed by atoms with E-state index in [9.17, 15) is 9.18 Å². The molecule has 0 radical (unpaired) electrons. The molecule has 10 heteroatoms. The summed E-state index contributed by atoms with van der Waals surface area (Å²) in [5, 5.41) is 6.72. The highest BCUT2D eigenvalue weighted by atomic mass is 32.1. The summed E-state index contributed by atoms with van der Waals surface area (Å²) in [5.74, 6) is -0.163. The fraction of sp³-hybridized carbons (Fsp3) is 0.238. The van der Waals surface area contributed by atoms with Crippen molar-refractivity contribution >= 4 is 29.4 Å².